The zero-order valence-corrected chi connectivity index (χ0v) is 15.4. The minimum atomic E-state index is -3.78. The van der Waals surface area contributed by atoms with E-state index in [2.05, 4.69) is 0 Å². The molecule has 9 heteroatoms. The summed E-state index contributed by atoms with van der Waals surface area (Å²) in [6.45, 7) is 5.74. The molecule has 1 rings (SSSR count). The van der Waals surface area contributed by atoms with Gasteiger partial charge in [-0.15, -0.1) is 0 Å². The van der Waals surface area contributed by atoms with Gasteiger partial charge in [0, 0.05) is 33.3 Å². The summed E-state index contributed by atoms with van der Waals surface area (Å²) in [6, 6.07) is 1.20. The van der Waals surface area contributed by atoms with Crippen LogP contribution in [0.1, 0.15) is 36.4 Å². The van der Waals surface area contributed by atoms with E-state index in [-0.39, 0.29) is 35.3 Å². The number of hydrogen-bond acceptors (Lipinski definition) is 5. The molecular weight excluding hydrogens is 336 g/mol. The molecule has 0 bridgehead atoms. The van der Waals surface area contributed by atoms with Crippen molar-refractivity contribution in [1.82, 2.24) is 9.21 Å². The van der Waals surface area contributed by atoms with Crippen molar-refractivity contribution in [2.75, 3.05) is 27.2 Å². The lowest BCUT2D eigenvalue weighted by atomic mass is 10.1. The first-order chi connectivity index (χ1) is 11.0. The zero-order chi connectivity index (χ0) is 18.7. The van der Waals surface area contributed by atoms with Crippen molar-refractivity contribution in [2.45, 2.75) is 32.3 Å². The van der Waals surface area contributed by atoms with E-state index in [0.717, 1.165) is 4.31 Å². The van der Waals surface area contributed by atoms with E-state index in [9.17, 15) is 18.0 Å². The minimum Gasteiger partial charge on any atom is -0.481 e. The van der Waals surface area contributed by atoms with E-state index in [1.54, 1.807) is 0 Å². The van der Waals surface area contributed by atoms with Gasteiger partial charge < -0.3 is 14.4 Å². The van der Waals surface area contributed by atoms with Crippen LogP contribution in [0.3, 0.4) is 0 Å². The molecule has 0 aliphatic carbocycles. The molecule has 24 heavy (non-hydrogen) atoms. The standard InChI is InChI=1S/C15H24N2O6S/c1-10(2)9-17(7-6-13(18)19)15(20)12-8-14(23-11(12)3)24(21,22)16(4)5/h8,10H,6-7,9H2,1-5H3,(H,18,19). The van der Waals surface area contributed by atoms with E-state index >= 15 is 0 Å². The Morgan fingerprint density at radius 3 is 2.33 bits per heavy atom. The second-order valence-electron chi connectivity index (χ2n) is 6.11. The molecule has 1 heterocycles. The average Bonchev–Trinajstić information content (AvgIpc) is 2.84. The summed E-state index contributed by atoms with van der Waals surface area (Å²) in [5, 5.41) is 8.52. The summed E-state index contributed by atoms with van der Waals surface area (Å²) < 4.78 is 30.5. The summed E-state index contributed by atoms with van der Waals surface area (Å²) in [4.78, 5) is 24.9. The number of carboxylic acids is 1. The van der Waals surface area contributed by atoms with Gasteiger partial charge in [-0.3, -0.25) is 9.59 Å². The van der Waals surface area contributed by atoms with Gasteiger partial charge in [-0.1, -0.05) is 13.8 Å². The smallest absolute Gasteiger partial charge is 0.305 e. The molecule has 0 aliphatic heterocycles. The molecule has 1 aromatic rings. The first-order valence-corrected chi connectivity index (χ1v) is 8.94. The van der Waals surface area contributed by atoms with Crippen molar-refractivity contribution in [2.24, 2.45) is 5.92 Å². The van der Waals surface area contributed by atoms with E-state index < -0.39 is 21.9 Å². The Labute approximate surface area is 142 Å². The number of furan rings is 1. The van der Waals surface area contributed by atoms with E-state index in [4.69, 9.17) is 9.52 Å². The second-order valence-corrected chi connectivity index (χ2v) is 8.19. The lowest BCUT2D eigenvalue weighted by molar-refractivity contribution is -0.137. The van der Waals surface area contributed by atoms with Gasteiger partial charge in [0.15, 0.2) is 0 Å². The highest BCUT2D eigenvalue weighted by molar-refractivity contribution is 7.88. The largest absolute Gasteiger partial charge is 0.481 e. The molecule has 0 spiro atoms. The lowest BCUT2D eigenvalue weighted by Gasteiger charge is -2.23. The highest BCUT2D eigenvalue weighted by Crippen LogP contribution is 2.23. The molecule has 0 saturated heterocycles. The number of rotatable bonds is 8. The van der Waals surface area contributed by atoms with Crippen LogP contribution in [0.2, 0.25) is 0 Å². The minimum absolute atomic E-state index is 0.0483. The Morgan fingerprint density at radius 1 is 1.29 bits per heavy atom. The number of nitrogens with zero attached hydrogens (tertiary/aromatic N) is 2. The summed E-state index contributed by atoms with van der Waals surface area (Å²) in [7, 11) is -1.05. The molecule has 0 fully saturated rings. The van der Waals surface area contributed by atoms with Gasteiger partial charge in [0.1, 0.15) is 5.76 Å². The lowest BCUT2D eigenvalue weighted by Crippen LogP contribution is -2.36. The highest BCUT2D eigenvalue weighted by Gasteiger charge is 2.28. The molecular formula is C15H24N2O6S. The molecule has 0 aliphatic rings. The van der Waals surface area contributed by atoms with Crippen LogP contribution in [-0.2, 0) is 14.8 Å². The Hall–Kier alpha value is -1.87. The van der Waals surface area contributed by atoms with Crippen LogP contribution in [0.25, 0.3) is 0 Å². The Kier molecular flexibility index (Phi) is 6.56. The maximum atomic E-state index is 12.7. The number of aryl methyl sites for hydroxylation is 1. The first kappa shape index (κ1) is 20.2. The summed E-state index contributed by atoms with van der Waals surface area (Å²) in [5.74, 6) is -1.12. The van der Waals surface area contributed by atoms with Crippen LogP contribution in [0.15, 0.2) is 15.6 Å². The van der Waals surface area contributed by atoms with Crippen LogP contribution in [-0.4, -0.2) is 61.8 Å². The molecule has 0 atom stereocenters. The van der Waals surface area contributed by atoms with E-state index in [1.807, 2.05) is 13.8 Å². The van der Waals surface area contributed by atoms with Gasteiger partial charge in [0.25, 0.3) is 15.9 Å². The zero-order valence-electron chi connectivity index (χ0n) is 14.6. The predicted molar refractivity (Wildman–Crippen MR) is 87.3 cm³/mol. The number of carbonyl (C=O) groups is 2. The quantitative estimate of drug-likeness (QED) is 0.751. The van der Waals surface area contributed by atoms with Gasteiger partial charge in [0.2, 0.25) is 5.09 Å². The topological polar surface area (TPSA) is 108 Å². The monoisotopic (exact) mass is 360 g/mol. The first-order valence-electron chi connectivity index (χ1n) is 7.50. The average molecular weight is 360 g/mol. The number of aliphatic carboxylic acids is 1. The van der Waals surface area contributed by atoms with E-state index in [0.29, 0.717) is 6.54 Å². The molecule has 0 unspecified atom stereocenters. The van der Waals surface area contributed by atoms with Crippen molar-refractivity contribution < 1.29 is 27.5 Å². The van der Waals surface area contributed by atoms with Crippen LogP contribution < -0.4 is 0 Å². The number of carboxylic acid groups (broad SMARTS) is 1. The second kappa shape index (κ2) is 7.80. The summed E-state index contributed by atoms with van der Waals surface area (Å²) in [6.07, 6.45) is -0.182. The molecule has 1 aromatic heterocycles. The predicted octanol–water partition coefficient (Wildman–Crippen LogP) is 1.41. The van der Waals surface area contributed by atoms with Crippen LogP contribution >= 0.6 is 0 Å². The summed E-state index contributed by atoms with van der Waals surface area (Å²) in [5.41, 5.74) is 0.126. The maximum Gasteiger partial charge on any atom is 0.305 e. The fraction of sp³-hybridized carbons (Fsp3) is 0.600. The van der Waals surface area contributed by atoms with E-state index in [1.165, 1.54) is 32.0 Å². The Morgan fingerprint density at radius 2 is 1.88 bits per heavy atom. The van der Waals surface area contributed by atoms with Crippen molar-refractivity contribution in [1.29, 1.82) is 0 Å². The third-order valence-electron chi connectivity index (χ3n) is 3.33. The normalized spacial score (nSPS) is 12.0. The number of hydrogen-bond donors (Lipinski definition) is 1. The van der Waals surface area contributed by atoms with Gasteiger partial charge >= 0.3 is 5.97 Å². The van der Waals surface area contributed by atoms with Crippen molar-refractivity contribution in [3.63, 3.8) is 0 Å². The Bertz CT molecular complexity index is 706. The van der Waals surface area contributed by atoms with Gasteiger partial charge in [-0.25, -0.2) is 12.7 Å². The fourth-order valence-corrected chi connectivity index (χ4v) is 2.95. The molecule has 1 N–H and O–H groups in total. The highest BCUT2D eigenvalue weighted by atomic mass is 32.2. The molecule has 8 nitrogen and oxygen atoms in total. The molecule has 1 amide bonds. The van der Waals surface area contributed by atoms with Crippen LogP contribution in [0.5, 0.6) is 0 Å². The maximum absolute atomic E-state index is 12.7. The van der Waals surface area contributed by atoms with Gasteiger partial charge in [0.05, 0.1) is 12.0 Å². The third-order valence-corrected chi connectivity index (χ3v) is 5.00. The molecule has 0 aromatic carbocycles. The molecule has 136 valence electrons. The number of sulfonamides is 1. The van der Waals surface area contributed by atoms with Crippen molar-refractivity contribution in [3.8, 4) is 0 Å². The third kappa shape index (κ3) is 4.81. The number of carbonyl (C=O) groups excluding carboxylic acids is 1. The number of amides is 1. The van der Waals surface area contributed by atoms with Gasteiger partial charge in [-0.05, 0) is 12.8 Å². The van der Waals surface area contributed by atoms with Crippen LogP contribution in [0.4, 0.5) is 0 Å². The molecule has 0 saturated carbocycles. The van der Waals surface area contributed by atoms with Crippen molar-refractivity contribution >= 4 is 21.9 Å². The fourth-order valence-electron chi connectivity index (χ4n) is 2.09. The summed E-state index contributed by atoms with van der Waals surface area (Å²) >= 11 is 0. The van der Waals surface area contributed by atoms with Crippen LogP contribution in [0, 0.1) is 12.8 Å². The molecule has 0 radical (unpaired) electrons. The van der Waals surface area contributed by atoms with Gasteiger partial charge in [-0.2, -0.15) is 0 Å². The SMILES string of the molecule is Cc1oc(S(=O)(=O)N(C)C)cc1C(=O)N(CCC(=O)O)CC(C)C. The Balaban J connectivity index is 3.15. The van der Waals surface area contributed by atoms with Crippen molar-refractivity contribution in [3.05, 3.63) is 17.4 Å².